The summed E-state index contributed by atoms with van der Waals surface area (Å²) in [5.74, 6) is -3.35. The van der Waals surface area contributed by atoms with Gasteiger partial charge in [-0.2, -0.15) is 0 Å². The van der Waals surface area contributed by atoms with E-state index in [1.165, 1.54) is 18.2 Å². The molecule has 2 rings (SSSR count). The maximum Gasteiger partial charge on any atom is 0.371 e. The molecule has 2 aromatic rings. The van der Waals surface area contributed by atoms with Gasteiger partial charge in [-0.1, -0.05) is 11.6 Å². The van der Waals surface area contributed by atoms with Crippen LogP contribution in [0.3, 0.4) is 0 Å². The first-order chi connectivity index (χ1) is 8.97. The topological polar surface area (TPSA) is 79.5 Å². The number of hydrogen-bond acceptors (Lipinski definition) is 3. The van der Waals surface area contributed by atoms with Gasteiger partial charge in [-0.15, -0.1) is 0 Å². The number of carboxylic acid groups (broad SMARTS) is 1. The normalized spacial score (nSPS) is 10.2. The van der Waals surface area contributed by atoms with Gasteiger partial charge in [0.1, 0.15) is 5.82 Å². The number of furan rings is 1. The molecule has 0 unspecified atom stereocenters. The molecule has 5 nitrogen and oxygen atoms in total. The minimum Gasteiger partial charge on any atom is -0.475 e. The molecule has 0 saturated carbocycles. The Kier molecular flexibility index (Phi) is 3.52. The van der Waals surface area contributed by atoms with Gasteiger partial charge in [0.2, 0.25) is 5.76 Å². The Morgan fingerprint density at radius 3 is 2.53 bits per heavy atom. The molecule has 7 heteroatoms. The van der Waals surface area contributed by atoms with Crippen LogP contribution in [0.4, 0.5) is 10.1 Å². The van der Waals surface area contributed by atoms with Crippen molar-refractivity contribution in [1.29, 1.82) is 0 Å². The summed E-state index contributed by atoms with van der Waals surface area (Å²) in [5, 5.41) is 11.1. The Hall–Kier alpha value is -2.34. The molecule has 0 aliphatic carbocycles. The minimum atomic E-state index is -1.30. The highest BCUT2D eigenvalue weighted by molar-refractivity contribution is 6.31. The van der Waals surface area contributed by atoms with E-state index >= 15 is 0 Å². The first-order valence-electron chi connectivity index (χ1n) is 5.07. The number of hydrogen-bond donors (Lipinski definition) is 2. The molecule has 0 saturated heterocycles. The summed E-state index contributed by atoms with van der Waals surface area (Å²) in [6, 6.07) is 5.98. The summed E-state index contributed by atoms with van der Waals surface area (Å²) < 4.78 is 18.2. The number of benzene rings is 1. The zero-order valence-corrected chi connectivity index (χ0v) is 10.1. The van der Waals surface area contributed by atoms with E-state index in [0.29, 0.717) is 0 Å². The van der Waals surface area contributed by atoms with E-state index < -0.39 is 17.7 Å². The molecule has 0 bridgehead atoms. The number of rotatable bonds is 3. The Morgan fingerprint density at radius 2 is 1.89 bits per heavy atom. The molecule has 19 heavy (non-hydrogen) atoms. The first-order valence-corrected chi connectivity index (χ1v) is 5.44. The van der Waals surface area contributed by atoms with E-state index in [-0.39, 0.29) is 22.2 Å². The molecular formula is C12H7ClFNO4. The zero-order chi connectivity index (χ0) is 14.0. The number of aromatic carboxylic acids is 1. The molecule has 1 amide bonds. The van der Waals surface area contributed by atoms with Gasteiger partial charge in [0.25, 0.3) is 5.91 Å². The molecule has 0 aliphatic rings. The number of anilines is 1. The summed E-state index contributed by atoms with van der Waals surface area (Å²) in [5.41, 5.74) is -0.120. The van der Waals surface area contributed by atoms with Crippen LogP contribution in [-0.4, -0.2) is 17.0 Å². The SMILES string of the molecule is O=C(O)c1ccc(C(=O)Nc2cc(Cl)ccc2F)o1. The van der Waals surface area contributed by atoms with Crippen molar-refractivity contribution in [2.45, 2.75) is 0 Å². The van der Waals surface area contributed by atoms with E-state index in [2.05, 4.69) is 5.32 Å². The third-order valence-corrected chi connectivity index (χ3v) is 2.45. The molecular weight excluding hydrogens is 277 g/mol. The van der Waals surface area contributed by atoms with Crippen molar-refractivity contribution in [2.75, 3.05) is 5.32 Å². The maximum atomic E-state index is 13.4. The summed E-state index contributed by atoms with van der Waals surface area (Å²) in [7, 11) is 0. The highest BCUT2D eigenvalue weighted by Gasteiger charge is 2.16. The van der Waals surface area contributed by atoms with Gasteiger partial charge >= 0.3 is 5.97 Å². The second-order valence-electron chi connectivity index (χ2n) is 3.55. The van der Waals surface area contributed by atoms with Crippen LogP contribution in [0.2, 0.25) is 5.02 Å². The Balaban J connectivity index is 2.20. The third-order valence-electron chi connectivity index (χ3n) is 2.22. The lowest BCUT2D eigenvalue weighted by atomic mass is 10.3. The van der Waals surface area contributed by atoms with Crippen molar-refractivity contribution in [3.8, 4) is 0 Å². The molecule has 0 atom stereocenters. The molecule has 1 aromatic carbocycles. The van der Waals surface area contributed by atoms with Crippen molar-refractivity contribution >= 4 is 29.2 Å². The Labute approximate surface area is 111 Å². The van der Waals surface area contributed by atoms with E-state index in [1.807, 2.05) is 0 Å². The second kappa shape index (κ2) is 5.11. The van der Waals surface area contributed by atoms with Crippen molar-refractivity contribution < 1.29 is 23.5 Å². The van der Waals surface area contributed by atoms with Gasteiger partial charge in [0, 0.05) is 5.02 Å². The van der Waals surface area contributed by atoms with Crippen molar-refractivity contribution in [3.05, 3.63) is 52.7 Å². The molecule has 2 N–H and O–H groups in total. The van der Waals surface area contributed by atoms with Gasteiger partial charge in [0.15, 0.2) is 5.76 Å². The smallest absolute Gasteiger partial charge is 0.371 e. The standard InChI is InChI=1S/C12H7ClFNO4/c13-6-1-2-7(14)8(5-6)15-11(16)9-3-4-10(19-9)12(17)18/h1-5H,(H,15,16)(H,17,18). The van der Waals surface area contributed by atoms with E-state index in [9.17, 15) is 14.0 Å². The van der Waals surface area contributed by atoms with Gasteiger partial charge in [-0.25, -0.2) is 9.18 Å². The van der Waals surface area contributed by atoms with Gasteiger partial charge in [-0.05, 0) is 30.3 Å². The zero-order valence-electron chi connectivity index (χ0n) is 9.31. The Morgan fingerprint density at radius 1 is 1.21 bits per heavy atom. The third kappa shape index (κ3) is 2.92. The van der Waals surface area contributed by atoms with Crippen LogP contribution in [0, 0.1) is 5.82 Å². The summed E-state index contributed by atoms with van der Waals surface area (Å²) in [6.07, 6.45) is 0. The van der Waals surface area contributed by atoms with Crippen LogP contribution in [0.25, 0.3) is 0 Å². The van der Waals surface area contributed by atoms with Crippen molar-refractivity contribution in [1.82, 2.24) is 0 Å². The fraction of sp³-hybridized carbons (Fsp3) is 0. The van der Waals surface area contributed by atoms with Crippen LogP contribution >= 0.6 is 11.6 Å². The second-order valence-corrected chi connectivity index (χ2v) is 3.98. The molecule has 1 heterocycles. The molecule has 0 fully saturated rings. The predicted molar refractivity (Wildman–Crippen MR) is 65.0 cm³/mol. The van der Waals surface area contributed by atoms with Crippen LogP contribution in [-0.2, 0) is 0 Å². The highest BCUT2D eigenvalue weighted by atomic mass is 35.5. The lowest BCUT2D eigenvalue weighted by molar-refractivity contribution is 0.0660. The van der Waals surface area contributed by atoms with Crippen molar-refractivity contribution in [2.24, 2.45) is 0 Å². The lowest BCUT2D eigenvalue weighted by Crippen LogP contribution is -2.12. The number of nitrogens with one attached hydrogen (secondary N) is 1. The number of amides is 1. The number of carbonyl (C=O) groups excluding carboxylic acids is 1. The Bertz CT molecular complexity index is 653. The molecule has 0 radical (unpaired) electrons. The minimum absolute atomic E-state index is 0.120. The van der Waals surface area contributed by atoms with Gasteiger partial charge in [-0.3, -0.25) is 4.79 Å². The molecule has 98 valence electrons. The van der Waals surface area contributed by atoms with Crippen LogP contribution in [0.5, 0.6) is 0 Å². The molecule has 0 aliphatic heterocycles. The van der Waals surface area contributed by atoms with Gasteiger partial charge < -0.3 is 14.8 Å². The maximum absolute atomic E-state index is 13.4. The fourth-order valence-electron chi connectivity index (χ4n) is 1.35. The van der Waals surface area contributed by atoms with E-state index in [0.717, 1.165) is 12.1 Å². The number of halogens is 2. The molecule has 1 aromatic heterocycles. The summed E-state index contributed by atoms with van der Waals surface area (Å²) in [4.78, 5) is 22.3. The van der Waals surface area contributed by atoms with E-state index in [4.69, 9.17) is 21.1 Å². The van der Waals surface area contributed by atoms with E-state index in [1.54, 1.807) is 0 Å². The quantitative estimate of drug-likeness (QED) is 0.907. The van der Waals surface area contributed by atoms with Gasteiger partial charge in [0.05, 0.1) is 5.69 Å². The highest BCUT2D eigenvalue weighted by Crippen LogP contribution is 2.20. The monoisotopic (exact) mass is 283 g/mol. The van der Waals surface area contributed by atoms with Crippen LogP contribution in [0.15, 0.2) is 34.7 Å². The van der Waals surface area contributed by atoms with Crippen LogP contribution in [0.1, 0.15) is 21.1 Å². The fourth-order valence-corrected chi connectivity index (χ4v) is 1.52. The van der Waals surface area contributed by atoms with Crippen molar-refractivity contribution in [3.63, 3.8) is 0 Å². The predicted octanol–water partition coefficient (Wildman–Crippen LogP) is 3.02. The largest absolute Gasteiger partial charge is 0.475 e. The number of carboxylic acids is 1. The van der Waals surface area contributed by atoms with Crippen LogP contribution < -0.4 is 5.32 Å². The summed E-state index contributed by atoms with van der Waals surface area (Å²) >= 11 is 5.67. The first kappa shape index (κ1) is 13.1. The summed E-state index contributed by atoms with van der Waals surface area (Å²) in [6.45, 7) is 0. The number of carbonyl (C=O) groups is 2. The average Bonchev–Trinajstić information content (AvgIpc) is 2.83. The lowest BCUT2D eigenvalue weighted by Gasteiger charge is -2.04. The molecule has 0 spiro atoms. The average molecular weight is 284 g/mol.